The van der Waals surface area contributed by atoms with Crippen molar-refractivity contribution in [3.63, 3.8) is 0 Å². The number of nitrogens with zero attached hydrogens (tertiary/aromatic N) is 4. The first-order chi connectivity index (χ1) is 10.3. The van der Waals surface area contributed by atoms with Gasteiger partial charge in [0.2, 0.25) is 10.0 Å². The number of fused-ring (bicyclic) bond motifs is 1. The molecule has 1 aromatic heterocycles. The fraction of sp³-hybridized carbons (Fsp3) is 0.800. The van der Waals surface area contributed by atoms with Gasteiger partial charge in [0.15, 0.2) is 0 Å². The van der Waals surface area contributed by atoms with Crippen LogP contribution >= 0.6 is 0 Å². The maximum atomic E-state index is 12.5. The highest BCUT2D eigenvalue weighted by atomic mass is 32.2. The summed E-state index contributed by atoms with van der Waals surface area (Å²) < 4.78 is 28.9. The van der Waals surface area contributed by atoms with Crippen molar-refractivity contribution in [3.05, 3.63) is 17.7 Å². The minimum absolute atomic E-state index is 0.150. The molecule has 0 saturated heterocycles. The van der Waals surface area contributed by atoms with Gasteiger partial charge >= 0.3 is 0 Å². The minimum atomic E-state index is -3.14. The molecule has 1 fully saturated rings. The zero-order valence-electron chi connectivity index (χ0n) is 13.9. The molecule has 1 unspecified atom stereocenters. The molecule has 0 radical (unpaired) electrons. The van der Waals surface area contributed by atoms with Crippen LogP contribution in [-0.2, 0) is 23.1 Å². The van der Waals surface area contributed by atoms with Gasteiger partial charge in [0.05, 0.1) is 17.0 Å². The lowest BCUT2D eigenvalue weighted by atomic mass is 10.2. The molecule has 2 heterocycles. The number of sulfonamides is 1. The number of aromatic nitrogens is 2. The largest absolute Gasteiger partial charge is 0.328 e. The highest BCUT2D eigenvalue weighted by Gasteiger charge is 2.44. The summed E-state index contributed by atoms with van der Waals surface area (Å²) in [4.78, 5) is 6.79. The van der Waals surface area contributed by atoms with Crippen LogP contribution in [-0.4, -0.2) is 52.1 Å². The van der Waals surface area contributed by atoms with Gasteiger partial charge in [-0.25, -0.2) is 13.4 Å². The van der Waals surface area contributed by atoms with Gasteiger partial charge in [0, 0.05) is 31.9 Å². The predicted octanol–water partition coefficient (Wildman–Crippen LogP) is 1.59. The van der Waals surface area contributed by atoms with Crippen molar-refractivity contribution in [3.8, 4) is 0 Å². The lowest BCUT2D eigenvalue weighted by Gasteiger charge is -2.34. The summed E-state index contributed by atoms with van der Waals surface area (Å²) in [6, 6.07) is 0.302. The molecule has 0 N–H and O–H groups in total. The molecular weight excluding hydrogens is 300 g/mol. The topological polar surface area (TPSA) is 58.4 Å². The molecule has 7 heteroatoms. The predicted molar refractivity (Wildman–Crippen MR) is 85.9 cm³/mol. The van der Waals surface area contributed by atoms with Gasteiger partial charge in [-0.1, -0.05) is 0 Å². The van der Waals surface area contributed by atoms with Crippen molar-refractivity contribution in [2.75, 3.05) is 13.6 Å². The van der Waals surface area contributed by atoms with E-state index >= 15 is 0 Å². The van der Waals surface area contributed by atoms with Crippen LogP contribution in [0.4, 0.5) is 0 Å². The first-order valence-corrected chi connectivity index (χ1v) is 9.58. The van der Waals surface area contributed by atoms with Gasteiger partial charge in [-0.3, -0.25) is 4.90 Å². The highest BCUT2D eigenvalue weighted by Crippen LogP contribution is 2.36. The second kappa shape index (κ2) is 5.62. The molecule has 6 nitrogen and oxygen atoms in total. The van der Waals surface area contributed by atoms with E-state index in [0.717, 1.165) is 25.2 Å². The van der Waals surface area contributed by atoms with Gasteiger partial charge in [-0.05, 0) is 40.7 Å². The van der Waals surface area contributed by atoms with Gasteiger partial charge in [-0.2, -0.15) is 4.31 Å². The number of imidazole rings is 1. The third kappa shape index (κ3) is 2.70. The van der Waals surface area contributed by atoms with Crippen LogP contribution in [0.25, 0.3) is 0 Å². The highest BCUT2D eigenvalue weighted by molar-refractivity contribution is 7.90. The molecule has 124 valence electrons. The molecule has 1 aliphatic heterocycles. The van der Waals surface area contributed by atoms with Gasteiger partial charge in [0.25, 0.3) is 0 Å². The summed E-state index contributed by atoms with van der Waals surface area (Å²) in [5.74, 6) is 0.877. The standard InChI is InChI=1S/C15H26N4O2S/c1-11(2)17(4)10-13-9-16-15-12(3)19(8-7-18(13)15)22(20,21)14-5-6-14/h9,11-12,14H,5-8,10H2,1-4H3. The Morgan fingerprint density at radius 3 is 2.64 bits per heavy atom. The van der Waals surface area contributed by atoms with Crippen molar-refractivity contribution in [2.24, 2.45) is 0 Å². The first kappa shape index (κ1) is 16.0. The van der Waals surface area contributed by atoms with E-state index in [-0.39, 0.29) is 11.3 Å². The monoisotopic (exact) mass is 326 g/mol. The molecule has 1 aromatic rings. The fourth-order valence-electron chi connectivity index (χ4n) is 3.01. The Labute approximate surface area is 133 Å². The Bertz CT molecular complexity index is 648. The van der Waals surface area contributed by atoms with E-state index in [2.05, 4.69) is 35.3 Å². The number of rotatable bonds is 5. The van der Waals surface area contributed by atoms with Crippen molar-refractivity contribution in [2.45, 2.75) is 64.0 Å². The van der Waals surface area contributed by atoms with Gasteiger partial charge in [0.1, 0.15) is 5.82 Å². The molecule has 2 aliphatic rings. The molecule has 1 saturated carbocycles. The number of hydrogen-bond donors (Lipinski definition) is 0. The first-order valence-electron chi connectivity index (χ1n) is 8.07. The number of hydrogen-bond acceptors (Lipinski definition) is 4. The smallest absolute Gasteiger partial charge is 0.217 e. The normalized spacial score (nSPS) is 23.3. The molecule has 1 aliphatic carbocycles. The summed E-state index contributed by atoms with van der Waals surface area (Å²) >= 11 is 0. The molecule has 22 heavy (non-hydrogen) atoms. The fourth-order valence-corrected chi connectivity index (χ4v) is 4.99. The van der Waals surface area contributed by atoms with E-state index in [0.29, 0.717) is 19.1 Å². The second-order valence-electron chi connectivity index (χ2n) is 6.80. The van der Waals surface area contributed by atoms with Crippen LogP contribution in [0.3, 0.4) is 0 Å². The lowest BCUT2D eigenvalue weighted by molar-refractivity contribution is 0.243. The zero-order valence-corrected chi connectivity index (χ0v) is 14.7. The minimum Gasteiger partial charge on any atom is -0.328 e. The van der Waals surface area contributed by atoms with Crippen LogP contribution in [0.5, 0.6) is 0 Å². The molecule has 0 bridgehead atoms. The lowest BCUT2D eigenvalue weighted by Crippen LogP contribution is -2.43. The van der Waals surface area contributed by atoms with E-state index in [1.165, 1.54) is 5.69 Å². The van der Waals surface area contributed by atoms with Crippen molar-refractivity contribution < 1.29 is 8.42 Å². The molecule has 0 aromatic carbocycles. The molecule has 3 rings (SSSR count). The zero-order chi connectivity index (χ0) is 16.1. The summed E-state index contributed by atoms with van der Waals surface area (Å²) in [6.45, 7) is 8.38. The summed E-state index contributed by atoms with van der Waals surface area (Å²) in [5, 5.41) is -0.150. The Balaban J connectivity index is 1.83. The van der Waals surface area contributed by atoms with E-state index in [1.54, 1.807) is 4.31 Å². The summed E-state index contributed by atoms with van der Waals surface area (Å²) in [6.07, 6.45) is 3.52. The average Bonchev–Trinajstić information content (AvgIpc) is 3.23. The quantitative estimate of drug-likeness (QED) is 0.824. The maximum Gasteiger partial charge on any atom is 0.217 e. The van der Waals surface area contributed by atoms with Gasteiger partial charge < -0.3 is 4.57 Å². The third-order valence-electron chi connectivity index (χ3n) is 4.88. The van der Waals surface area contributed by atoms with Gasteiger partial charge in [-0.15, -0.1) is 0 Å². The van der Waals surface area contributed by atoms with E-state index in [4.69, 9.17) is 0 Å². The SMILES string of the molecule is CC(C)N(C)Cc1cnc2n1CCN(S(=O)(=O)C1CC1)C2C. The Kier molecular flexibility index (Phi) is 4.07. The summed E-state index contributed by atoms with van der Waals surface area (Å²) in [5.41, 5.74) is 1.17. The third-order valence-corrected chi connectivity index (χ3v) is 7.35. The van der Waals surface area contributed by atoms with Crippen molar-refractivity contribution in [1.82, 2.24) is 18.8 Å². The van der Waals surface area contributed by atoms with Crippen LogP contribution < -0.4 is 0 Å². The Hall–Kier alpha value is -0.920. The Morgan fingerprint density at radius 2 is 2.05 bits per heavy atom. The van der Waals surface area contributed by atoms with Crippen LogP contribution in [0.15, 0.2) is 6.20 Å². The van der Waals surface area contributed by atoms with Crippen molar-refractivity contribution >= 4 is 10.0 Å². The van der Waals surface area contributed by atoms with Crippen molar-refractivity contribution in [1.29, 1.82) is 0 Å². The Morgan fingerprint density at radius 1 is 1.36 bits per heavy atom. The molecule has 1 atom stereocenters. The van der Waals surface area contributed by atoms with Crippen LogP contribution in [0.1, 0.15) is 51.2 Å². The van der Waals surface area contributed by atoms with Crippen LogP contribution in [0.2, 0.25) is 0 Å². The second-order valence-corrected chi connectivity index (χ2v) is 8.96. The summed E-state index contributed by atoms with van der Waals surface area (Å²) in [7, 11) is -1.04. The molecule has 0 spiro atoms. The van der Waals surface area contributed by atoms with E-state index in [1.807, 2.05) is 13.1 Å². The molecular formula is C15H26N4O2S. The average molecular weight is 326 g/mol. The van der Waals surface area contributed by atoms with Crippen LogP contribution in [0, 0.1) is 0 Å². The van der Waals surface area contributed by atoms with E-state index in [9.17, 15) is 8.42 Å². The molecule has 0 amide bonds. The van der Waals surface area contributed by atoms with E-state index < -0.39 is 10.0 Å². The maximum absolute atomic E-state index is 12.5.